The standard InChI is InChI=1S/C22H30N2O3S/c1-6-18-10-12-19(13-11-18)17(4)23-22(25)21(7-2)24(28(5,26)27)20-14-8-16(3)9-15-20/h8-15,17,21H,6-7H2,1-5H3,(H,23,25)/t17-,21+/m0/s1. The summed E-state index contributed by atoms with van der Waals surface area (Å²) in [5.41, 5.74) is 3.74. The van der Waals surface area contributed by atoms with E-state index in [0.29, 0.717) is 12.1 Å². The highest BCUT2D eigenvalue weighted by atomic mass is 32.2. The van der Waals surface area contributed by atoms with E-state index in [1.807, 2.05) is 57.2 Å². The normalized spacial score (nSPS) is 13.6. The molecule has 0 bridgehead atoms. The van der Waals surface area contributed by atoms with Crippen molar-refractivity contribution in [3.8, 4) is 0 Å². The lowest BCUT2D eigenvalue weighted by atomic mass is 10.0. The third kappa shape index (κ3) is 5.35. The Hall–Kier alpha value is -2.34. The molecule has 0 heterocycles. The van der Waals surface area contributed by atoms with Crippen LogP contribution in [0.25, 0.3) is 0 Å². The van der Waals surface area contributed by atoms with Crippen molar-refractivity contribution in [2.45, 2.75) is 52.6 Å². The molecule has 0 spiro atoms. The topological polar surface area (TPSA) is 66.5 Å². The largest absolute Gasteiger partial charge is 0.348 e. The Morgan fingerprint density at radius 2 is 1.61 bits per heavy atom. The first-order valence-corrected chi connectivity index (χ1v) is 11.5. The van der Waals surface area contributed by atoms with E-state index in [-0.39, 0.29) is 11.9 Å². The highest BCUT2D eigenvalue weighted by Gasteiger charge is 2.32. The van der Waals surface area contributed by atoms with Crippen molar-refractivity contribution in [2.75, 3.05) is 10.6 Å². The van der Waals surface area contributed by atoms with E-state index in [2.05, 4.69) is 12.2 Å². The van der Waals surface area contributed by atoms with Gasteiger partial charge in [-0.25, -0.2) is 8.42 Å². The van der Waals surface area contributed by atoms with Crippen molar-refractivity contribution in [3.05, 3.63) is 65.2 Å². The zero-order valence-corrected chi connectivity index (χ0v) is 18.1. The third-order valence-electron chi connectivity index (χ3n) is 4.86. The molecule has 28 heavy (non-hydrogen) atoms. The number of carbonyl (C=O) groups is 1. The minimum absolute atomic E-state index is 0.216. The minimum Gasteiger partial charge on any atom is -0.348 e. The molecule has 0 aliphatic heterocycles. The lowest BCUT2D eigenvalue weighted by Gasteiger charge is -2.31. The van der Waals surface area contributed by atoms with Crippen LogP contribution in [0.5, 0.6) is 0 Å². The van der Waals surface area contributed by atoms with Crippen molar-refractivity contribution in [1.82, 2.24) is 5.32 Å². The van der Waals surface area contributed by atoms with Crippen LogP contribution in [0.3, 0.4) is 0 Å². The van der Waals surface area contributed by atoms with Gasteiger partial charge < -0.3 is 5.32 Å². The number of sulfonamides is 1. The van der Waals surface area contributed by atoms with Crippen molar-refractivity contribution in [2.24, 2.45) is 0 Å². The molecule has 0 aliphatic carbocycles. The maximum absolute atomic E-state index is 13.0. The van der Waals surface area contributed by atoms with E-state index < -0.39 is 16.1 Å². The summed E-state index contributed by atoms with van der Waals surface area (Å²) in [6.45, 7) is 7.75. The van der Waals surface area contributed by atoms with Crippen molar-refractivity contribution >= 4 is 21.6 Å². The summed E-state index contributed by atoms with van der Waals surface area (Å²) >= 11 is 0. The lowest BCUT2D eigenvalue weighted by Crippen LogP contribution is -2.49. The molecular formula is C22H30N2O3S. The summed E-state index contributed by atoms with van der Waals surface area (Å²) in [5, 5.41) is 2.97. The monoisotopic (exact) mass is 402 g/mol. The minimum atomic E-state index is -3.62. The van der Waals surface area contributed by atoms with Crippen molar-refractivity contribution in [1.29, 1.82) is 0 Å². The Labute approximate surface area is 168 Å². The summed E-state index contributed by atoms with van der Waals surface area (Å²) in [4.78, 5) is 13.0. The summed E-state index contributed by atoms with van der Waals surface area (Å²) in [5.74, 6) is -0.305. The fourth-order valence-corrected chi connectivity index (χ4v) is 4.40. The summed E-state index contributed by atoms with van der Waals surface area (Å²) < 4.78 is 26.2. The van der Waals surface area contributed by atoms with Gasteiger partial charge in [0.2, 0.25) is 15.9 Å². The van der Waals surface area contributed by atoms with Crippen LogP contribution in [-0.4, -0.2) is 26.6 Å². The fourth-order valence-electron chi connectivity index (χ4n) is 3.19. The second kappa shape index (κ2) is 9.24. The predicted octanol–water partition coefficient (Wildman–Crippen LogP) is 3.98. The Morgan fingerprint density at radius 1 is 1.04 bits per heavy atom. The number of hydrogen-bond acceptors (Lipinski definition) is 3. The first-order valence-electron chi connectivity index (χ1n) is 9.62. The molecule has 152 valence electrons. The molecule has 0 radical (unpaired) electrons. The first-order chi connectivity index (χ1) is 13.2. The predicted molar refractivity (Wildman–Crippen MR) is 115 cm³/mol. The van der Waals surface area contributed by atoms with E-state index in [9.17, 15) is 13.2 Å². The highest BCUT2D eigenvalue weighted by molar-refractivity contribution is 7.92. The average molecular weight is 403 g/mol. The van der Waals surface area contributed by atoms with Crippen LogP contribution in [0.2, 0.25) is 0 Å². The molecule has 6 heteroatoms. The van der Waals surface area contributed by atoms with E-state index >= 15 is 0 Å². The quantitative estimate of drug-likeness (QED) is 0.726. The summed E-state index contributed by atoms with van der Waals surface area (Å²) in [7, 11) is -3.62. The summed E-state index contributed by atoms with van der Waals surface area (Å²) in [6.07, 6.45) is 2.46. The smallest absolute Gasteiger partial charge is 0.244 e. The summed E-state index contributed by atoms with van der Waals surface area (Å²) in [6, 6.07) is 14.2. The van der Waals surface area contributed by atoms with Gasteiger partial charge in [-0.2, -0.15) is 0 Å². The lowest BCUT2D eigenvalue weighted by molar-refractivity contribution is -0.122. The van der Waals surface area contributed by atoms with Crippen LogP contribution in [0, 0.1) is 6.92 Å². The first kappa shape index (κ1) is 22.0. The number of nitrogens with zero attached hydrogens (tertiary/aromatic N) is 1. The van der Waals surface area contributed by atoms with Gasteiger partial charge in [0, 0.05) is 0 Å². The Morgan fingerprint density at radius 3 is 2.07 bits per heavy atom. The van der Waals surface area contributed by atoms with Crippen molar-refractivity contribution in [3.63, 3.8) is 0 Å². The van der Waals surface area contributed by atoms with Crippen molar-refractivity contribution < 1.29 is 13.2 Å². The highest BCUT2D eigenvalue weighted by Crippen LogP contribution is 2.24. The number of amides is 1. The van der Waals surface area contributed by atoms with Crippen LogP contribution >= 0.6 is 0 Å². The molecule has 0 saturated heterocycles. The molecule has 0 aromatic heterocycles. The second-order valence-electron chi connectivity index (χ2n) is 7.14. The number of rotatable bonds is 8. The van der Waals surface area contributed by atoms with Crippen LogP contribution < -0.4 is 9.62 Å². The number of aryl methyl sites for hydroxylation is 2. The van der Waals surface area contributed by atoms with E-state index in [0.717, 1.165) is 23.8 Å². The van der Waals surface area contributed by atoms with Crippen LogP contribution in [0.4, 0.5) is 5.69 Å². The maximum atomic E-state index is 13.0. The van der Waals surface area contributed by atoms with Gasteiger partial charge in [0.25, 0.3) is 0 Å². The van der Waals surface area contributed by atoms with Gasteiger partial charge in [-0.05, 0) is 49.9 Å². The Kier molecular flexibility index (Phi) is 7.24. The van der Waals surface area contributed by atoms with Gasteiger partial charge >= 0.3 is 0 Å². The van der Waals surface area contributed by atoms with E-state index in [1.165, 1.54) is 9.87 Å². The number of benzene rings is 2. The molecule has 5 nitrogen and oxygen atoms in total. The SMILES string of the molecule is CCc1ccc([C@H](C)NC(=O)[C@@H](CC)N(c2ccc(C)cc2)S(C)(=O)=O)cc1. The molecule has 0 saturated carbocycles. The molecule has 2 atom stereocenters. The number of anilines is 1. The van der Waals surface area contributed by atoms with Gasteiger partial charge in [0.15, 0.2) is 0 Å². The average Bonchev–Trinajstić information content (AvgIpc) is 2.66. The Balaban J connectivity index is 2.26. The molecule has 0 aliphatic rings. The molecule has 1 amide bonds. The van der Waals surface area contributed by atoms with Gasteiger partial charge in [-0.1, -0.05) is 55.8 Å². The molecule has 0 fully saturated rings. The van der Waals surface area contributed by atoms with Crippen LogP contribution in [0.1, 0.15) is 49.9 Å². The number of carbonyl (C=O) groups excluding carboxylic acids is 1. The molecule has 2 aromatic carbocycles. The molecule has 0 unspecified atom stereocenters. The third-order valence-corrected chi connectivity index (χ3v) is 6.04. The molecular weight excluding hydrogens is 372 g/mol. The van der Waals surface area contributed by atoms with Crippen LogP contribution in [-0.2, 0) is 21.2 Å². The van der Waals surface area contributed by atoms with Gasteiger partial charge in [0.1, 0.15) is 6.04 Å². The number of hydrogen-bond donors (Lipinski definition) is 1. The maximum Gasteiger partial charge on any atom is 0.244 e. The Bertz CT molecular complexity index is 890. The van der Waals surface area contributed by atoms with Gasteiger partial charge in [-0.3, -0.25) is 9.10 Å². The fraction of sp³-hybridized carbons (Fsp3) is 0.409. The van der Waals surface area contributed by atoms with Gasteiger partial charge in [0.05, 0.1) is 18.0 Å². The zero-order chi connectivity index (χ0) is 20.9. The molecule has 1 N–H and O–H groups in total. The van der Waals surface area contributed by atoms with Crippen LogP contribution in [0.15, 0.2) is 48.5 Å². The number of nitrogens with one attached hydrogen (secondary N) is 1. The van der Waals surface area contributed by atoms with Gasteiger partial charge in [-0.15, -0.1) is 0 Å². The second-order valence-corrected chi connectivity index (χ2v) is 9.00. The molecule has 2 aromatic rings. The molecule has 2 rings (SSSR count). The van der Waals surface area contributed by atoms with E-state index in [1.54, 1.807) is 12.1 Å². The van der Waals surface area contributed by atoms with E-state index in [4.69, 9.17) is 0 Å². The zero-order valence-electron chi connectivity index (χ0n) is 17.3.